The lowest BCUT2D eigenvalue weighted by Gasteiger charge is -2.09. The zero-order chi connectivity index (χ0) is 14.0. The summed E-state index contributed by atoms with van der Waals surface area (Å²) in [5.41, 5.74) is 1.48. The molecule has 0 amide bonds. The van der Waals surface area contributed by atoms with Crippen LogP contribution in [0.3, 0.4) is 0 Å². The maximum absolute atomic E-state index is 12.0. The average molecular weight is 269 g/mol. The minimum Gasteiger partial charge on any atom is -0.406 e. The molecule has 0 aliphatic heterocycles. The number of nitrogens with one attached hydrogen (secondary N) is 1. The van der Waals surface area contributed by atoms with Crippen LogP contribution in [0.2, 0.25) is 0 Å². The summed E-state index contributed by atoms with van der Waals surface area (Å²) in [5.74, 6) is -0.319. The van der Waals surface area contributed by atoms with Crippen molar-refractivity contribution in [3.63, 3.8) is 0 Å². The van der Waals surface area contributed by atoms with Gasteiger partial charge >= 0.3 is 6.36 Å². The van der Waals surface area contributed by atoms with E-state index in [2.05, 4.69) is 9.72 Å². The van der Waals surface area contributed by atoms with Crippen LogP contribution in [-0.2, 0) is 0 Å². The molecule has 0 radical (unpaired) electrons. The van der Waals surface area contributed by atoms with Gasteiger partial charge in [-0.3, -0.25) is 4.79 Å². The van der Waals surface area contributed by atoms with E-state index in [1.165, 1.54) is 24.3 Å². The molecule has 0 aliphatic carbocycles. The van der Waals surface area contributed by atoms with Crippen molar-refractivity contribution in [3.8, 4) is 16.9 Å². The zero-order valence-electron chi connectivity index (χ0n) is 9.91. The minimum atomic E-state index is -4.72. The van der Waals surface area contributed by atoms with Gasteiger partial charge in [-0.25, -0.2) is 0 Å². The number of hydrogen-bond acceptors (Lipinski definition) is 2. The molecule has 0 aliphatic rings. The van der Waals surface area contributed by atoms with Gasteiger partial charge in [0.05, 0.1) is 0 Å². The summed E-state index contributed by atoms with van der Waals surface area (Å²) >= 11 is 0. The topological polar surface area (TPSA) is 42.1 Å². The Kier molecular flexibility index (Phi) is 3.33. The number of halogens is 3. The van der Waals surface area contributed by atoms with Crippen molar-refractivity contribution in [2.24, 2.45) is 0 Å². The molecule has 0 saturated carbocycles. The van der Waals surface area contributed by atoms with E-state index in [4.69, 9.17) is 0 Å². The van der Waals surface area contributed by atoms with Crippen LogP contribution in [0.4, 0.5) is 13.2 Å². The molecule has 19 heavy (non-hydrogen) atoms. The van der Waals surface area contributed by atoms with Crippen LogP contribution in [0.25, 0.3) is 11.1 Å². The molecule has 0 fully saturated rings. The van der Waals surface area contributed by atoms with Crippen molar-refractivity contribution in [2.75, 3.05) is 0 Å². The molecule has 2 rings (SSSR count). The largest absolute Gasteiger partial charge is 0.573 e. The Morgan fingerprint density at radius 2 is 1.79 bits per heavy atom. The lowest BCUT2D eigenvalue weighted by Crippen LogP contribution is -2.17. The SMILES string of the molecule is Cc1c[nH]c(=O)c(-c2ccc(OC(F)(F)F)cc2)c1. The van der Waals surface area contributed by atoms with E-state index in [0.717, 1.165) is 5.56 Å². The third-order valence-corrected chi connectivity index (χ3v) is 2.45. The van der Waals surface area contributed by atoms with Gasteiger partial charge in [0.1, 0.15) is 5.75 Å². The normalized spacial score (nSPS) is 11.4. The highest BCUT2D eigenvalue weighted by molar-refractivity contribution is 5.63. The summed E-state index contributed by atoms with van der Waals surface area (Å²) < 4.78 is 39.8. The second kappa shape index (κ2) is 4.79. The van der Waals surface area contributed by atoms with Crippen molar-refractivity contribution >= 4 is 0 Å². The Bertz CT molecular complexity index is 630. The summed E-state index contributed by atoms with van der Waals surface area (Å²) in [6, 6.07) is 6.82. The zero-order valence-corrected chi connectivity index (χ0v) is 9.91. The highest BCUT2D eigenvalue weighted by Gasteiger charge is 2.30. The first-order valence-electron chi connectivity index (χ1n) is 5.41. The van der Waals surface area contributed by atoms with Crippen molar-refractivity contribution in [2.45, 2.75) is 13.3 Å². The van der Waals surface area contributed by atoms with E-state index in [-0.39, 0.29) is 11.3 Å². The maximum atomic E-state index is 12.0. The molecule has 1 heterocycles. The molecule has 1 aromatic heterocycles. The Hall–Kier alpha value is -2.24. The van der Waals surface area contributed by atoms with Gasteiger partial charge in [0.25, 0.3) is 5.56 Å². The number of aryl methyl sites for hydroxylation is 1. The Balaban J connectivity index is 2.33. The number of aromatic nitrogens is 1. The number of benzene rings is 1. The van der Waals surface area contributed by atoms with Gasteiger partial charge in [0.15, 0.2) is 0 Å². The molecule has 6 heteroatoms. The smallest absolute Gasteiger partial charge is 0.406 e. The monoisotopic (exact) mass is 269 g/mol. The van der Waals surface area contributed by atoms with Gasteiger partial charge in [0.2, 0.25) is 0 Å². The van der Waals surface area contributed by atoms with E-state index in [1.54, 1.807) is 19.2 Å². The van der Waals surface area contributed by atoms with E-state index in [1.807, 2.05) is 0 Å². The highest BCUT2D eigenvalue weighted by atomic mass is 19.4. The molecule has 0 saturated heterocycles. The minimum absolute atomic E-state index is 0.296. The molecular weight excluding hydrogens is 259 g/mol. The number of H-pyrrole nitrogens is 1. The molecule has 0 spiro atoms. The lowest BCUT2D eigenvalue weighted by molar-refractivity contribution is -0.274. The predicted molar refractivity (Wildman–Crippen MR) is 63.9 cm³/mol. The van der Waals surface area contributed by atoms with Crippen molar-refractivity contribution in [1.29, 1.82) is 0 Å². The van der Waals surface area contributed by atoms with E-state index >= 15 is 0 Å². The number of pyridine rings is 1. The maximum Gasteiger partial charge on any atom is 0.573 e. The van der Waals surface area contributed by atoms with Crippen molar-refractivity contribution in [1.82, 2.24) is 4.98 Å². The van der Waals surface area contributed by atoms with E-state index < -0.39 is 6.36 Å². The average Bonchev–Trinajstić information content (AvgIpc) is 2.31. The number of ether oxygens (including phenoxy) is 1. The Morgan fingerprint density at radius 1 is 1.16 bits per heavy atom. The summed E-state index contributed by atoms with van der Waals surface area (Å²) in [6.45, 7) is 1.81. The van der Waals surface area contributed by atoms with Crippen LogP contribution in [0, 0.1) is 6.92 Å². The number of hydrogen-bond donors (Lipinski definition) is 1. The van der Waals surface area contributed by atoms with Crippen LogP contribution in [0.1, 0.15) is 5.56 Å². The van der Waals surface area contributed by atoms with Crippen molar-refractivity contribution in [3.05, 3.63) is 52.4 Å². The number of alkyl halides is 3. The molecule has 2 aromatic rings. The van der Waals surface area contributed by atoms with Gasteiger partial charge in [-0.05, 0) is 36.2 Å². The lowest BCUT2D eigenvalue weighted by atomic mass is 10.1. The fourth-order valence-electron chi connectivity index (χ4n) is 1.64. The first-order valence-corrected chi connectivity index (χ1v) is 5.41. The molecule has 3 nitrogen and oxygen atoms in total. The fourth-order valence-corrected chi connectivity index (χ4v) is 1.64. The Morgan fingerprint density at radius 3 is 2.37 bits per heavy atom. The molecule has 0 unspecified atom stereocenters. The summed E-state index contributed by atoms with van der Waals surface area (Å²) in [5, 5.41) is 0. The summed E-state index contributed by atoms with van der Waals surface area (Å²) in [6.07, 6.45) is -3.16. The van der Waals surface area contributed by atoms with Crippen LogP contribution in [0.5, 0.6) is 5.75 Å². The second-order valence-electron chi connectivity index (χ2n) is 3.99. The Labute approximate surface area is 106 Å². The summed E-state index contributed by atoms with van der Waals surface area (Å²) in [7, 11) is 0. The van der Waals surface area contributed by atoms with Gasteiger partial charge in [-0.15, -0.1) is 13.2 Å². The molecule has 0 atom stereocenters. The third kappa shape index (κ3) is 3.37. The fraction of sp³-hybridized carbons (Fsp3) is 0.154. The van der Waals surface area contributed by atoms with Crippen LogP contribution in [0.15, 0.2) is 41.3 Å². The van der Waals surface area contributed by atoms with Crippen LogP contribution >= 0.6 is 0 Å². The van der Waals surface area contributed by atoms with E-state index in [0.29, 0.717) is 11.1 Å². The van der Waals surface area contributed by atoms with Gasteiger partial charge in [0, 0.05) is 11.8 Å². The van der Waals surface area contributed by atoms with Crippen molar-refractivity contribution < 1.29 is 17.9 Å². The van der Waals surface area contributed by atoms with Gasteiger partial charge in [-0.1, -0.05) is 12.1 Å². The first-order chi connectivity index (χ1) is 8.85. The van der Waals surface area contributed by atoms with Gasteiger partial charge < -0.3 is 9.72 Å². The number of rotatable bonds is 2. The first kappa shape index (κ1) is 13.2. The van der Waals surface area contributed by atoms with E-state index in [9.17, 15) is 18.0 Å². The predicted octanol–water partition coefficient (Wildman–Crippen LogP) is 3.25. The molecule has 1 aromatic carbocycles. The molecule has 1 N–H and O–H groups in total. The number of aromatic amines is 1. The molecule has 100 valence electrons. The molecular formula is C13H10F3NO2. The van der Waals surface area contributed by atoms with Gasteiger partial charge in [-0.2, -0.15) is 0 Å². The summed E-state index contributed by atoms with van der Waals surface area (Å²) in [4.78, 5) is 14.2. The van der Waals surface area contributed by atoms with Crippen LogP contribution < -0.4 is 10.3 Å². The third-order valence-electron chi connectivity index (χ3n) is 2.45. The highest BCUT2D eigenvalue weighted by Crippen LogP contribution is 2.25. The quantitative estimate of drug-likeness (QED) is 0.909. The van der Waals surface area contributed by atoms with Crippen LogP contribution in [-0.4, -0.2) is 11.3 Å². The standard InChI is InChI=1S/C13H10F3NO2/c1-8-6-11(12(18)17-7-8)9-2-4-10(5-3-9)19-13(14,15)16/h2-7H,1H3,(H,17,18). The molecule has 0 bridgehead atoms. The second-order valence-corrected chi connectivity index (χ2v) is 3.99.